The number of rotatable bonds is 5. The Hall–Kier alpha value is -1.22. The summed E-state index contributed by atoms with van der Waals surface area (Å²) in [5.41, 5.74) is 3.80. The van der Waals surface area contributed by atoms with Gasteiger partial charge in [-0.25, -0.2) is 0 Å². The lowest BCUT2D eigenvalue weighted by Crippen LogP contribution is -2.27. The van der Waals surface area contributed by atoms with Crippen LogP contribution >= 0.6 is 11.8 Å². The molecule has 17 heavy (non-hydrogen) atoms. The van der Waals surface area contributed by atoms with E-state index >= 15 is 0 Å². The van der Waals surface area contributed by atoms with E-state index in [2.05, 4.69) is 40.8 Å². The Morgan fingerprint density at radius 2 is 2.12 bits per heavy atom. The van der Waals surface area contributed by atoms with Crippen LogP contribution in [0.25, 0.3) is 0 Å². The third kappa shape index (κ3) is 3.93. The maximum Gasteiger partial charge on any atom is 0.0532 e. The SMILES string of the molecule is CSCCC1=NC=C(Cc2ccccc2)NC1. The van der Waals surface area contributed by atoms with Gasteiger partial charge >= 0.3 is 0 Å². The molecule has 1 N–H and O–H groups in total. The molecule has 1 aliphatic rings. The van der Waals surface area contributed by atoms with Crippen molar-refractivity contribution in [1.29, 1.82) is 0 Å². The average Bonchev–Trinajstić information content (AvgIpc) is 2.39. The maximum absolute atomic E-state index is 4.52. The summed E-state index contributed by atoms with van der Waals surface area (Å²) in [4.78, 5) is 4.52. The Bertz CT molecular complexity index is 409. The highest BCUT2D eigenvalue weighted by atomic mass is 32.2. The van der Waals surface area contributed by atoms with E-state index in [1.807, 2.05) is 24.0 Å². The molecule has 0 radical (unpaired) electrons. The molecule has 0 bridgehead atoms. The van der Waals surface area contributed by atoms with Gasteiger partial charge in [0.25, 0.3) is 0 Å². The number of aliphatic imine (C=N–C) groups is 1. The van der Waals surface area contributed by atoms with Gasteiger partial charge in [0.1, 0.15) is 0 Å². The van der Waals surface area contributed by atoms with E-state index in [1.165, 1.54) is 17.0 Å². The third-order valence-electron chi connectivity index (χ3n) is 2.75. The van der Waals surface area contributed by atoms with Crippen LogP contribution in [-0.4, -0.2) is 24.3 Å². The first-order chi connectivity index (χ1) is 8.38. The van der Waals surface area contributed by atoms with Crippen LogP contribution < -0.4 is 5.32 Å². The summed E-state index contributed by atoms with van der Waals surface area (Å²) in [7, 11) is 0. The van der Waals surface area contributed by atoms with Crippen molar-refractivity contribution in [3.63, 3.8) is 0 Å². The van der Waals surface area contributed by atoms with Gasteiger partial charge in [0.05, 0.1) is 6.54 Å². The maximum atomic E-state index is 4.52. The predicted molar refractivity (Wildman–Crippen MR) is 76.7 cm³/mol. The van der Waals surface area contributed by atoms with Crippen molar-refractivity contribution < 1.29 is 0 Å². The van der Waals surface area contributed by atoms with Gasteiger partial charge in [0.15, 0.2) is 0 Å². The number of allylic oxidation sites excluding steroid dienone is 1. The molecule has 0 saturated carbocycles. The van der Waals surface area contributed by atoms with Crippen LogP contribution in [0.3, 0.4) is 0 Å². The topological polar surface area (TPSA) is 24.4 Å². The summed E-state index contributed by atoms with van der Waals surface area (Å²) in [6, 6.07) is 10.5. The first kappa shape index (κ1) is 12.2. The van der Waals surface area contributed by atoms with Crippen LogP contribution in [0.2, 0.25) is 0 Å². The highest BCUT2D eigenvalue weighted by Gasteiger charge is 2.06. The van der Waals surface area contributed by atoms with Crippen molar-refractivity contribution in [2.75, 3.05) is 18.6 Å². The smallest absolute Gasteiger partial charge is 0.0532 e. The molecule has 0 fully saturated rings. The summed E-state index contributed by atoms with van der Waals surface area (Å²) in [6.45, 7) is 0.902. The van der Waals surface area contributed by atoms with Crippen LogP contribution in [0.15, 0.2) is 47.2 Å². The largest absolute Gasteiger partial charge is 0.382 e. The van der Waals surface area contributed by atoms with Crippen LogP contribution in [0.5, 0.6) is 0 Å². The van der Waals surface area contributed by atoms with Crippen molar-refractivity contribution >= 4 is 17.5 Å². The zero-order chi connectivity index (χ0) is 11.9. The van der Waals surface area contributed by atoms with E-state index in [1.54, 1.807) is 0 Å². The van der Waals surface area contributed by atoms with E-state index in [9.17, 15) is 0 Å². The van der Waals surface area contributed by atoms with Gasteiger partial charge in [0, 0.05) is 24.0 Å². The van der Waals surface area contributed by atoms with Gasteiger partial charge in [0.2, 0.25) is 0 Å². The zero-order valence-electron chi connectivity index (χ0n) is 10.1. The van der Waals surface area contributed by atoms with E-state index < -0.39 is 0 Å². The molecule has 2 rings (SSSR count). The van der Waals surface area contributed by atoms with Crippen molar-refractivity contribution in [2.24, 2.45) is 4.99 Å². The summed E-state index contributed by atoms with van der Waals surface area (Å²) in [5, 5.41) is 3.45. The molecular formula is C14H18N2S. The second-order valence-electron chi connectivity index (χ2n) is 4.11. The summed E-state index contributed by atoms with van der Waals surface area (Å²) in [6.07, 6.45) is 6.14. The molecule has 0 aromatic heterocycles. The molecule has 3 heteroatoms. The summed E-state index contributed by atoms with van der Waals surface area (Å²) in [5.74, 6) is 1.16. The normalized spacial score (nSPS) is 14.9. The van der Waals surface area contributed by atoms with E-state index in [0.29, 0.717) is 0 Å². The first-order valence-electron chi connectivity index (χ1n) is 5.90. The van der Waals surface area contributed by atoms with Crippen molar-refractivity contribution in [1.82, 2.24) is 5.32 Å². The Morgan fingerprint density at radius 3 is 2.76 bits per heavy atom. The van der Waals surface area contributed by atoms with Crippen LogP contribution in [-0.2, 0) is 6.42 Å². The highest BCUT2D eigenvalue weighted by molar-refractivity contribution is 7.98. The van der Waals surface area contributed by atoms with Gasteiger partial charge in [-0.3, -0.25) is 4.99 Å². The Labute approximate surface area is 107 Å². The molecule has 0 aliphatic carbocycles. The fraction of sp³-hybridized carbons (Fsp3) is 0.357. The van der Waals surface area contributed by atoms with Crippen molar-refractivity contribution in [3.8, 4) is 0 Å². The predicted octanol–water partition coefficient (Wildman–Crippen LogP) is 2.87. The molecule has 1 aliphatic heterocycles. The molecule has 0 saturated heterocycles. The number of thioether (sulfide) groups is 1. The standard InChI is InChI=1S/C14H18N2S/c1-17-8-7-13-10-16-14(11-15-13)9-12-5-3-2-4-6-12/h2-6,11,16H,7-10H2,1H3. The monoisotopic (exact) mass is 246 g/mol. The van der Waals surface area contributed by atoms with Gasteiger partial charge in [-0.2, -0.15) is 11.8 Å². The highest BCUT2D eigenvalue weighted by Crippen LogP contribution is 2.09. The zero-order valence-corrected chi connectivity index (χ0v) is 11.0. The molecule has 1 aromatic rings. The summed E-state index contributed by atoms with van der Waals surface area (Å²) < 4.78 is 0. The number of hydrogen-bond acceptors (Lipinski definition) is 3. The molecule has 0 spiro atoms. The molecule has 1 aromatic carbocycles. The van der Waals surface area contributed by atoms with Crippen molar-refractivity contribution in [2.45, 2.75) is 12.8 Å². The molecular weight excluding hydrogens is 228 g/mol. The molecule has 90 valence electrons. The lowest BCUT2D eigenvalue weighted by Gasteiger charge is -2.16. The van der Waals surface area contributed by atoms with Gasteiger partial charge in [-0.05, 0) is 24.0 Å². The second kappa shape index (κ2) is 6.50. The lowest BCUT2D eigenvalue weighted by atomic mass is 10.1. The second-order valence-corrected chi connectivity index (χ2v) is 5.09. The minimum atomic E-state index is 0.902. The van der Waals surface area contributed by atoms with Gasteiger partial charge in [-0.1, -0.05) is 30.3 Å². The van der Waals surface area contributed by atoms with E-state index in [-0.39, 0.29) is 0 Å². The Kier molecular flexibility index (Phi) is 4.68. The van der Waals surface area contributed by atoms with Crippen LogP contribution in [0, 0.1) is 0 Å². The minimum absolute atomic E-state index is 0.902. The number of nitrogens with zero attached hydrogens (tertiary/aromatic N) is 1. The van der Waals surface area contributed by atoms with E-state index in [0.717, 1.165) is 25.1 Å². The quantitative estimate of drug-likeness (QED) is 0.864. The fourth-order valence-electron chi connectivity index (χ4n) is 1.77. The number of hydrogen-bond donors (Lipinski definition) is 1. The number of nitrogens with one attached hydrogen (secondary N) is 1. The first-order valence-corrected chi connectivity index (χ1v) is 7.29. The molecule has 2 nitrogen and oxygen atoms in total. The minimum Gasteiger partial charge on any atom is -0.382 e. The molecule has 1 heterocycles. The van der Waals surface area contributed by atoms with E-state index in [4.69, 9.17) is 0 Å². The number of benzene rings is 1. The van der Waals surface area contributed by atoms with Gasteiger partial charge in [-0.15, -0.1) is 0 Å². The van der Waals surface area contributed by atoms with Crippen LogP contribution in [0.1, 0.15) is 12.0 Å². The molecule has 0 amide bonds. The summed E-state index contributed by atoms with van der Waals surface area (Å²) >= 11 is 1.87. The lowest BCUT2D eigenvalue weighted by molar-refractivity contribution is 0.843. The third-order valence-corrected chi connectivity index (χ3v) is 3.37. The Morgan fingerprint density at radius 1 is 1.29 bits per heavy atom. The Balaban J connectivity index is 1.92. The average molecular weight is 246 g/mol. The molecule has 0 unspecified atom stereocenters. The van der Waals surface area contributed by atoms with Crippen molar-refractivity contribution in [3.05, 3.63) is 47.8 Å². The fourth-order valence-corrected chi connectivity index (χ4v) is 2.21. The van der Waals surface area contributed by atoms with Crippen LogP contribution in [0.4, 0.5) is 0 Å². The molecule has 0 atom stereocenters. The van der Waals surface area contributed by atoms with Gasteiger partial charge < -0.3 is 5.32 Å².